The van der Waals surface area contributed by atoms with E-state index in [1.165, 1.54) is 7.11 Å². The van der Waals surface area contributed by atoms with Crippen LogP contribution in [0.3, 0.4) is 0 Å². The number of hydrogen-bond donors (Lipinski definition) is 0. The SMILES string of the molecule is C=C1CC[C@@H]2CCC(=O)[C@]12C(=O)OC. The molecule has 3 heteroatoms. The maximum Gasteiger partial charge on any atom is 0.323 e. The minimum atomic E-state index is -0.964. The van der Waals surface area contributed by atoms with Gasteiger partial charge in [-0.2, -0.15) is 0 Å². The third-order valence-corrected chi connectivity index (χ3v) is 3.63. The van der Waals surface area contributed by atoms with E-state index in [2.05, 4.69) is 6.58 Å². The number of hydrogen-bond acceptors (Lipinski definition) is 3. The molecule has 2 aliphatic rings. The Bertz CT molecular complexity index is 296. The Morgan fingerprint density at radius 3 is 2.79 bits per heavy atom. The van der Waals surface area contributed by atoms with E-state index in [1.54, 1.807) is 0 Å². The van der Waals surface area contributed by atoms with E-state index in [0.717, 1.165) is 24.8 Å². The third kappa shape index (κ3) is 0.873. The summed E-state index contributed by atoms with van der Waals surface area (Å²) in [4.78, 5) is 23.6. The summed E-state index contributed by atoms with van der Waals surface area (Å²) in [5.74, 6) is -0.237. The van der Waals surface area contributed by atoms with E-state index < -0.39 is 11.4 Å². The van der Waals surface area contributed by atoms with Crippen molar-refractivity contribution < 1.29 is 14.3 Å². The van der Waals surface area contributed by atoms with E-state index in [-0.39, 0.29) is 11.7 Å². The van der Waals surface area contributed by atoms with Gasteiger partial charge in [-0.3, -0.25) is 9.59 Å². The predicted molar refractivity (Wildman–Crippen MR) is 50.6 cm³/mol. The van der Waals surface area contributed by atoms with Crippen molar-refractivity contribution in [3.05, 3.63) is 12.2 Å². The largest absolute Gasteiger partial charge is 0.468 e. The molecule has 0 unspecified atom stereocenters. The van der Waals surface area contributed by atoms with Gasteiger partial charge in [0.15, 0.2) is 5.78 Å². The zero-order valence-corrected chi connectivity index (χ0v) is 8.34. The van der Waals surface area contributed by atoms with Gasteiger partial charge in [0.25, 0.3) is 0 Å². The van der Waals surface area contributed by atoms with Crippen molar-refractivity contribution in [1.29, 1.82) is 0 Å². The van der Waals surface area contributed by atoms with Gasteiger partial charge < -0.3 is 4.74 Å². The van der Waals surface area contributed by atoms with Crippen LogP contribution < -0.4 is 0 Å². The van der Waals surface area contributed by atoms with Crippen molar-refractivity contribution in [2.45, 2.75) is 25.7 Å². The smallest absolute Gasteiger partial charge is 0.323 e. The average Bonchev–Trinajstić information content (AvgIpc) is 2.67. The van der Waals surface area contributed by atoms with E-state index in [0.29, 0.717) is 6.42 Å². The number of methoxy groups -OCH3 is 1. The Labute approximate surface area is 83.1 Å². The van der Waals surface area contributed by atoms with Gasteiger partial charge in [0.05, 0.1) is 7.11 Å². The first-order valence-corrected chi connectivity index (χ1v) is 4.94. The average molecular weight is 194 g/mol. The van der Waals surface area contributed by atoms with Crippen molar-refractivity contribution in [1.82, 2.24) is 0 Å². The Hall–Kier alpha value is -1.12. The molecule has 76 valence electrons. The Morgan fingerprint density at radius 2 is 2.14 bits per heavy atom. The van der Waals surface area contributed by atoms with Crippen molar-refractivity contribution in [2.75, 3.05) is 7.11 Å². The lowest BCUT2D eigenvalue weighted by Crippen LogP contribution is -2.39. The van der Waals surface area contributed by atoms with E-state index in [9.17, 15) is 9.59 Å². The number of esters is 1. The van der Waals surface area contributed by atoms with Crippen LogP contribution in [0.1, 0.15) is 25.7 Å². The number of ether oxygens (including phenoxy) is 1. The standard InChI is InChI=1S/C11H14O3/c1-7-3-4-8-5-6-9(12)11(7,8)10(13)14-2/h8H,1,3-6H2,2H3/t8-,11+/m1/s1. The second-order valence-electron chi connectivity index (χ2n) is 4.10. The summed E-state index contributed by atoms with van der Waals surface area (Å²) in [7, 11) is 1.34. The lowest BCUT2D eigenvalue weighted by atomic mass is 9.77. The molecule has 0 aromatic heterocycles. The molecule has 0 radical (unpaired) electrons. The van der Waals surface area contributed by atoms with Crippen LogP contribution in [0.4, 0.5) is 0 Å². The first-order chi connectivity index (χ1) is 6.64. The van der Waals surface area contributed by atoms with Crippen molar-refractivity contribution in [3.63, 3.8) is 0 Å². The maximum atomic E-state index is 11.8. The van der Waals surface area contributed by atoms with Crippen LogP contribution in [0.5, 0.6) is 0 Å². The molecule has 0 amide bonds. The minimum Gasteiger partial charge on any atom is -0.468 e. The molecule has 0 aromatic rings. The molecule has 0 heterocycles. The van der Waals surface area contributed by atoms with Crippen LogP contribution in [0.25, 0.3) is 0 Å². The summed E-state index contributed by atoms with van der Waals surface area (Å²) in [5, 5.41) is 0. The van der Waals surface area contributed by atoms with Crippen molar-refractivity contribution >= 4 is 11.8 Å². The highest BCUT2D eigenvalue weighted by atomic mass is 16.5. The summed E-state index contributed by atoms with van der Waals surface area (Å²) in [6.45, 7) is 3.87. The molecule has 0 aliphatic heterocycles. The molecule has 2 fully saturated rings. The first-order valence-electron chi connectivity index (χ1n) is 4.94. The number of rotatable bonds is 1. The van der Waals surface area contributed by atoms with Gasteiger partial charge in [0, 0.05) is 6.42 Å². The Morgan fingerprint density at radius 1 is 1.50 bits per heavy atom. The molecule has 14 heavy (non-hydrogen) atoms. The van der Waals surface area contributed by atoms with Crippen LogP contribution in [-0.4, -0.2) is 18.9 Å². The molecular weight excluding hydrogens is 180 g/mol. The fraction of sp³-hybridized carbons (Fsp3) is 0.636. The molecule has 3 nitrogen and oxygen atoms in total. The number of Topliss-reactive ketones (excluding diaryl/α,β-unsaturated/α-hetero) is 1. The Balaban J connectivity index is 2.48. The maximum absolute atomic E-state index is 11.8. The van der Waals surface area contributed by atoms with Gasteiger partial charge in [0.1, 0.15) is 5.41 Å². The molecular formula is C11H14O3. The zero-order chi connectivity index (χ0) is 10.3. The van der Waals surface area contributed by atoms with Crippen LogP contribution in [-0.2, 0) is 14.3 Å². The number of carbonyl (C=O) groups excluding carboxylic acids is 2. The van der Waals surface area contributed by atoms with Crippen molar-refractivity contribution in [3.8, 4) is 0 Å². The van der Waals surface area contributed by atoms with Crippen LogP contribution in [0, 0.1) is 11.3 Å². The van der Waals surface area contributed by atoms with Crippen LogP contribution >= 0.6 is 0 Å². The summed E-state index contributed by atoms with van der Waals surface area (Å²) in [6, 6.07) is 0. The van der Waals surface area contributed by atoms with Gasteiger partial charge in [-0.25, -0.2) is 0 Å². The molecule has 2 saturated carbocycles. The quantitative estimate of drug-likeness (QED) is 0.360. The van der Waals surface area contributed by atoms with Gasteiger partial charge in [0.2, 0.25) is 0 Å². The molecule has 2 aliphatic carbocycles. The number of carbonyl (C=O) groups is 2. The summed E-state index contributed by atoms with van der Waals surface area (Å²) in [6.07, 6.45) is 3.00. The monoisotopic (exact) mass is 194 g/mol. The molecule has 0 N–H and O–H groups in total. The van der Waals surface area contributed by atoms with E-state index in [4.69, 9.17) is 4.74 Å². The number of fused-ring (bicyclic) bond motifs is 1. The van der Waals surface area contributed by atoms with E-state index >= 15 is 0 Å². The highest BCUT2D eigenvalue weighted by Crippen LogP contribution is 2.55. The normalized spacial score (nSPS) is 35.9. The van der Waals surface area contributed by atoms with E-state index in [1.807, 2.05) is 0 Å². The summed E-state index contributed by atoms with van der Waals surface area (Å²) >= 11 is 0. The second kappa shape index (κ2) is 2.94. The van der Waals surface area contributed by atoms with Gasteiger partial charge in [-0.1, -0.05) is 12.2 Å². The van der Waals surface area contributed by atoms with Gasteiger partial charge >= 0.3 is 5.97 Å². The molecule has 0 aromatic carbocycles. The highest BCUT2D eigenvalue weighted by molar-refractivity contribution is 6.09. The van der Waals surface area contributed by atoms with Gasteiger partial charge in [-0.15, -0.1) is 0 Å². The summed E-state index contributed by atoms with van der Waals surface area (Å²) in [5.41, 5.74) is -0.203. The van der Waals surface area contributed by atoms with Crippen molar-refractivity contribution in [2.24, 2.45) is 11.3 Å². The zero-order valence-electron chi connectivity index (χ0n) is 8.34. The topological polar surface area (TPSA) is 43.4 Å². The lowest BCUT2D eigenvalue weighted by Gasteiger charge is -2.25. The predicted octanol–water partition coefficient (Wildman–Crippen LogP) is 1.47. The molecule has 2 atom stereocenters. The first kappa shape index (κ1) is 9.44. The number of ketones is 1. The Kier molecular flexibility index (Phi) is 1.98. The fourth-order valence-corrected chi connectivity index (χ4v) is 2.92. The minimum absolute atomic E-state index is 0.0110. The molecule has 0 spiro atoms. The molecule has 0 saturated heterocycles. The molecule has 0 bridgehead atoms. The van der Waals surface area contributed by atoms with Crippen LogP contribution in [0.15, 0.2) is 12.2 Å². The highest BCUT2D eigenvalue weighted by Gasteiger charge is 2.60. The van der Waals surface area contributed by atoms with Crippen LogP contribution in [0.2, 0.25) is 0 Å². The second-order valence-corrected chi connectivity index (χ2v) is 4.10. The lowest BCUT2D eigenvalue weighted by molar-refractivity contribution is -0.155. The fourth-order valence-electron chi connectivity index (χ4n) is 2.92. The third-order valence-electron chi connectivity index (χ3n) is 3.63. The summed E-state index contributed by atoms with van der Waals surface area (Å²) < 4.78 is 4.76. The van der Waals surface area contributed by atoms with Gasteiger partial charge in [-0.05, 0) is 25.2 Å². The molecule has 2 rings (SSSR count).